The molecule has 0 heterocycles. The second-order valence-electron chi connectivity index (χ2n) is 4.69. The van der Waals surface area contributed by atoms with Crippen molar-refractivity contribution in [1.29, 1.82) is 0 Å². The number of phenolic OH excluding ortho intramolecular Hbond substituents is 1. The highest BCUT2D eigenvalue weighted by atomic mass is 19.1. The molecule has 1 rings (SSSR count). The summed E-state index contributed by atoms with van der Waals surface area (Å²) < 4.78 is 12.9. The number of benzene rings is 1. The molecule has 0 aliphatic rings. The summed E-state index contributed by atoms with van der Waals surface area (Å²) >= 11 is 0. The van der Waals surface area contributed by atoms with Gasteiger partial charge in [0.1, 0.15) is 11.6 Å². The molecule has 0 saturated heterocycles. The van der Waals surface area contributed by atoms with Gasteiger partial charge in [0.2, 0.25) is 0 Å². The molecule has 0 aliphatic carbocycles. The van der Waals surface area contributed by atoms with Crippen molar-refractivity contribution in [2.75, 3.05) is 6.54 Å². The number of phenols is 1. The van der Waals surface area contributed by atoms with Crippen LogP contribution in [0.25, 0.3) is 0 Å². The van der Waals surface area contributed by atoms with Crippen molar-refractivity contribution >= 4 is 0 Å². The number of aliphatic hydroxyl groups is 1. The Labute approximate surface area is 101 Å². The zero-order chi connectivity index (χ0) is 12.8. The maximum absolute atomic E-state index is 12.9. The molecule has 0 amide bonds. The second-order valence-corrected chi connectivity index (χ2v) is 4.69. The lowest BCUT2D eigenvalue weighted by molar-refractivity contribution is 0.146. The van der Waals surface area contributed by atoms with Crippen LogP contribution in [0.3, 0.4) is 0 Å². The molecule has 0 aromatic heterocycles. The Hall–Kier alpha value is -1.13. The molecule has 0 spiro atoms. The first kappa shape index (κ1) is 13.9. The van der Waals surface area contributed by atoms with Crippen LogP contribution in [-0.2, 0) is 6.54 Å². The molecule has 0 aliphatic heterocycles. The fourth-order valence-electron chi connectivity index (χ4n) is 1.70. The first-order chi connectivity index (χ1) is 7.99. The van der Waals surface area contributed by atoms with Gasteiger partial charge in [-0.1, -0.05) is 13.8 Å². The summed E-state index contributed by atoms with van der Waals surface area (Å²) in [6.45, 7) is 4.87. The first-order valence-electron chi connectivity index (χ1n) is 5.85. The van der Waals surface area contributed by atoms with E-state index in [0.29, 0.717) is 24.6 Å². The van der Waals surface area contributed by atoms with Gasteiger partial charge in [0, 0.05) is 18.7 Å². The van der Waals surface area contributed by atoms with Crippen molar-refractivity contribution in [3.05, 3.63) is 29.6 Å². The van der Waals surface area contributed by atoms with Crippen molar-refractivity contribution in [3.63, 3.8) is 0 Å². The Morgan fingerprint density at radius 1 is 1.35 bits per heavy atom. The predicted molar refractivity (Wildman–Crippen MR) is 65.2 cm³/mol. The maximum Gasteiger partial charge on any atom is 0.123 e. The molecule has 96 valence electrons. The molecule has 1 unspecified atom stereocenters. The number of halogens is 1. The van der Waals surface area contributed by atoms with Gasteiger partial charge in [-0.2, -0.15) is 0 Å². The fourth-order valence-corrected chi connectivity index (χ4v) is 1.70. The molecule has 0 saturated carbocycles. The zero-order valence-electron chi connectivity index (χ0n) is 10.3. The highest BCUT2D eigenvalue weighted by molar-refractivity contribution is 5.32. The summed E-state index contributed by atoms with van der Waals surface area (Å²) in [6.07, 6.45) is 0.313. The van der Waals surface area contributed by atoms with E-state index in [0.717, 1.165) is 6.42 Å². The smallest absolute Gasteiger partial charge is 0.123 e. The van der Waals surface area contributed by atoms with Gasteiger partial charge in [0.25, 0.3) is 0 Å². The molecule has 0 fully saturated rings. The Bertz CT molecular complexity index is 355. The zero-order valence-corrected chi connectivity index (χ0v) is 10.3. The molecule has 4 heteroatoms. The largest absolute Gasteiger partial charge is 0.508 e. The third-order valence-electron chi connectivity index (χ3n) is 2.48. The quantitative estimate of drug-likeness (QED) is 0.714. The van der Waals surface area contributed by atoms with E-state index < -0.39 is 6.10 Å². The van der Waals surface area contributed by atoms with Gasteiger partial charge in [0.15, 0.2) is 0 Å². The van der Waals surface area contributed by atoms with E-state index in [4.69, 9.17) is 0 Å². The van der Waals surface area contributed by atoms with E-state index >= 15 is 0 Å². The van der Waals surface area contributed by atoms with E-state index in [-0.39, 0.29) is 11.6 Å². The maximum atomic E-state index is 12.9. The minimum atomic E-state index is -0.411. The summed E-state index contributed by atoms with van der Waals surface area (Å²) in [5.41, 5.74) is 0.502. The van der Waals surface area contributed by atoms with E-state index in [1.54, 1.807) is 0 Å². The van der Waals surface area contributed by atoms with Crippen molar-refractivity contribution in [1.82, 2.24) is 5.32 Å². The summed E-state index contributed by atoms with van der Waals surface area (Å²) in [4.78, 5) is 0. The van der Waals surface area contributed by atoms with Crippen LogP contribution < -0.4 is 5.32 Å². The molecule has 3 N–H and O–H groups in total. The molecular weight excluding hydrogens is 221 g/mol. The topological polar surface area (TPSA) is 52.5 Å². The van der Waals surface area contributed by atoms with Crippen LogP contribution in [0.2, 0.25) is 0 Å². The number of rotatable bonds is 6. The van der Waals surface area contributed by atoms with Crippen molar-refractivity contribution in [3.8, 4) is 5.75 Å². The molecule has 0 radical (unpaired) electrons. The Balaban J connectivity index is 2.38. The SMILES string of the molecule is CC(C)CC(O)CNCc1cc(F)ccc1O. The third-order valence-corrected chi connectivity index (χ3v) is 2.48. The van der Waals surface area contributed by atoms with E-state index in [2.05, 4.69) is 5.32 Å². The second kappa shape index (κ2) is 6.57. The first-order valence-corrected chi connectivity index (χ1v) is 5.85. The highest BCUT2D eigenvalue weighted by Gasteiger charge is 2.07. The van der Waals surface area contributed by atoms with Crippen LogP contribution in [0.15, 0.2) is 18.2 Å². The normalized spacial score (nSPS) is 13.0. The summed E-state index contributed by atoms with van der Waals surface area (Å²) in [5.74, 6) is 0.133. The van der Waals surface area contributed by atoms with Crippen LogP contribution in [-0.4, -0.2) is 22.9 Å². The molecule has 3 nitrogen and oxygen atoms in total. The monoisotopic (exact) mass is 241 g/mol. The Kier molecular flexibility index (Phi) is 5.38. The highest BCUT2D eigenvalue weighted by Crippen LogP contribution is 2.17. The van der Waals surface area contributed by atoms with Gasteiger partial charge < -0.3 is 15.5 Å². The van der Waals surface area contributed by atoms with Crippen molar-refractivity contribution < 1.29 is 14.6 Å². The van der Waals surface area contributed by atoms with Gasteiger partial charge in [-0.25, -0.2) is 4.39 Å². The van der Waals surface area contributed by atoms with Crippen LogP contribution in [0, 0.1) is 11.7 Å². The summed E-state index contributed by atoms with van der Waals surface area (Å²) in [6, 6.07) is 3.83. The average molecular weight is 241 g/mol. The lowest BCUT2D eigenvalue weighted by Crippen LogP contribution is -2.27. The number of nitrogens with one attached hydrogen (secondary N) is 1. The van der Waals surface area contributed by atoms with Gasteiger partial charge in [0.05, 0.1) is 6.10 Å². The molecular formula is C13H20FNO2. The van der Waals surface area contributed by atoms with Crippen molar-refractivity contribution in [2.24, 2.45) is 5.92 Å². The number of hydrogen-bond donors (Lipinski definition) is 3. The van der Waals surface area contributed by atoms with Crippen LogP contribution in [0.4, 0.5) is 4.39 Å². The number of hydrogen-bond acceptors (Lipinski definition) is 3. The van der Waals surface area contributed by atoms with Crippen LogP contribution in [0.5, 0.6) is 5.75 Å². The molecule has 1 atom stereocenters. The molecule has 1 aromatic carbocycles. The lowest BCUT2D eigenvalue weighted by Gasteiger charge is -2.14. The van der Waals surface area contributed by atoms with E-state index in [1.807, 2.05) is 13.8 Å². The van der Waals surface area contributed by atoms with Gasteiger partial charge >= 0.3 is 0 Å². The number of aromatic hydroxyl groups is 1. The number of aliphatic hydroxyl groups excluding tert-OH is 1. The molecule has 0 bridgehead atoms. The van der Waals surface area contributed by atoms with Gasteiger partial charge in [-0.15, -0.1) is 0 Å². The molecule has 1 aromatic rings. The predicted octanol–water partition coefficient (Wildman–Crippen LogP) is 2.03. The Morgan fingerprint density at radius 3 is 2.71 bits per heavy atom. The van der Waals surface area contributed by atoms with Crippen LogP contribution in [0.1, 0.15) is 25.8 Å². The van der Waals surface area contributed by atoms with Crippen LogP contribution >= 0.6 is 0 Å². The standard InChI is InChI=1S/C13H20FNO2/c1-9(2)5-12(16)8-15-7-10-6-11(14)3-4-13(10)17/h3-4,6,9,12,15-17H,5,7-8H2,1-2H3. The van der Waals surface area contributed by atoms with E-state index in [1.165, 1.54) is 18.2 Å². The minimum absolute atomic E-state index is 0.0669. The minimum Gasteiger partial charge on any atom is -0.508 e. The fraction of sp³-hybridized carbons (Fsp3) is 0.538. The summed E-state index contributed by atoms with van der Waals surface area (Å²) in [7, 11) is 0. The van der Waals surface area contributed by atoms with Gasteiger partial charge in [-0.3, -0.25) is 0 Å². The van der Waals surface area contributed by atoms with Crippen molar-refractivity contribution in [2.45, 2.75) is 32.9 Å². The van der Waals surface area contributed by atoms with E-state index in [9.17, 15) is 14.6 Å². The van der Waals surface area contributed by atoms with Gasteiger partial charge in [-0.05, 0) is 30.5 Å². The average Bonchev–Trinajstić information content (AvgIpc) is 2.22. The molecule has 17 heavy (non-hydrogen) atoms. The third kappa shape index (κ3) is 5.15. The summed E-state index contributed by atoms with van der Waals surface area (Å²) in [5, 5.41) is 22.1. The Morgan fingerprint density at radius 2 is 2.06 bits per heavy atom. The lowest BCUT2D eigenvalue weighted by atomic mass is 10.1.